The average Bonchev–Trinajstić information content (AvgIpc) is 3.87. The van der Waals surface area contributed by atoms with Gasteiger partial charge in [-0.05, 0) is 56.6 Å². The van der Waals surface area contributed by atoms with Crippen LogP contribution in [0.3, 0.4) is 0 Å². The van der Waals surface area contributed by atoms with Crippen molar-refractivity contribution < 1.29 is 33.3 Å². The number of H-pyrrole nitrogens is 1. The number of para-hydroxylation sites is 1. The molecule has 3 aromatic heterocycles. The zero-order valence-corrected chi connectivity index (χ0v) is 36.1. The molecule has 0 saturated heterocycles. The van der Waals surface area contributed by atoms with Crippen LogP contribution in [0.2, 0.25) is 0 Å². The second-order valence-electron chi connectivity index (χ2n) is 14.9. The quantitative estimate of drug-likeness (QED) is 0.0573. The molecular formula is C47H50N8O7. The van der Waals surface area contributed by atoms with Gasteiger partial charge in [-0.3, -0.25) is 9.59 Å². The largest absolute Gasteiger partial charge is 0.497 e. The first-order valence-electron chi connectivity index (χ1n) is 19.7. The van der Waals surface area contributed by atoms with Crippen molar-refractivity contribution in [2.75, 3.05) is 84.8 Å². The van der Waals surface area contributed by atoms with E-state index >= 15 is 0 Å². The molecule has 0 fully saturated rings. The van der Waals surface area contributed by atoms with E-state index in [4.69, 9.17) is 28.7 Å². The lowest BCUT2D eigenvalue weighted by molar-refractivity contribution is -0.113. The first-order valence-corrected chi connectivity index (χ1v) is 19.7. The minimum atomic E-state index is -0.488. The Hall–Kier alpha value is -7.52. The van der Waals surface area contributed by atoms with E-state index in [0.29, 0.717) is 52.2 Å². The van der Waals surface area contributed by atoms with Gasteiger partial charge >= 0.3 is 0 Å². The van der Waals surface area contributed by atoms with Crippen LogP contribution in [0.15, 0.2) is 104 Å². The van der Waals surface area contributed by atoms with E-state index in [9.17, 15) is 9.59 Å². The van der Waals surface area contributed by atoms with Crippen molar-refractivity contribution in [3.63, 3.8) is 0 Å². The van der Waals surface area contributed by atoms with E-state index in [2.05, 4.69) is 48.8 Å². The third-order valence-corrected chi connectivity index (χ3v) is 10.5. The minimum Gasteiger partial charge on any atom is -0.497 e. The number of carbonyl (C=O) groups is 2. The number of rotatable bonds is 18. The summed E-state index contributed by atoms with van der Waals surface area (Å²) in [5.74, 6) is 1.47. The number of amides is 1. The molecule has 4 aromatic carbocycles. The number of likely N-dealkylation sites (N-methyl/N-ethyl adjacent to an activating group) is 2. The standard InChI is InChI=1S/C47H50N8O7/c1-28(27-62-45-42(60-8)20-29(21-43(45)61-9)44(56)33-25-49-36-22-30(58-6)14-15-31(33)36)46(57)50-37-23-38(41(59-7)24-40(37)54(4)19-18-53(2)3)52-47-48-17-16-35(51-47)34-26-55(5)39-13-11-10-12-32(34)39/h10-17,20-26,49H,1,18-19,27H2,2-9H3,(H,50,57)(H,48,51,52). The van der Waals surface area contributed by atoms with E-state index in [1.807, 2.05) is 75.7 Å². The SMILES string of the molecule is C=C(COc1c(OC)cc(C(=O)c2c[nH]c3cc(OC)ccc23)cc1OC)C(=O)Nc1cc(Nc2nccc(-c3cn(C)c4ccccc34)n2)c(OC)cc1N(C)CCN(C)C. The monoisotopic (exact) mass is 838 g/mol. The van der Waals surface area contributed by atoms with Crippen molar-refractivity contribution in [3.05, 3.63) is 115 Å². The van der Waals surface area contributed by atoms with Gasteiger partial charge < -0.3 is 53.7 Å². The lowest BCUT2D eigenvalue weighted by Crippen LogP contribution is -2.29. The number of benzene rings is 4. The maximum absolute atomic E-state index is 13.9. The Morgan fingerprint density at radius 2 is 1.58 bits per heavy atom. The summed E-state index contributed by atoms with van der Waals surface area (Å²) in [6.07, 6.45) is 5.41. The van der Waals surface area contributed by atoms with Crippen LogP contribution in [0.1, 0.15) is 15.9 Å². The molecule has 3 heterocycles. The third kappa shape index (κ3) is 8.83. The van der Waals surface area contributed by atoms with Gasteiger partial charge in [-0.2, -0.15) is 0 Å². The van der Waals surface area contributed by atoms with Gasteiger partial charge in [-0.25, -0.2) is 9.97 Å². The second-order valence-corrected chi connectivity index (χ2v) is 14.9. The zero-order chi connectivity index (χ0) is 44.1. The number of aryl methyl sites for hydroxylation is 1. The molecule has 0 aliphatic heterocycles. The first-order chi connectivity index (χ1) is 29.9. The van der Waals surface area contributed by atoms with Crippen LogP contribution in [0.25, 0.3) is 33.1 Å². The van der Waals surface area contributed by atoms with E-state index in [-0.39, 0.29) is 35.2 Å². The number of aromatic amines is 1. The van der Waals surface area contributed by atoms with Crippen molar-refractivity contribution in [3.8, 4) is 40.0 Å². The summed E-state index contributed by atoms with van der Waals surface area (Å²) in [6.45, 7) is 5.23. The number of anilines is 4. The molecule has 0 unspecified atom stereocenters. The fourth-order valence-corrected chi connectivity index (χ4v) is 7.12. The first kappa shape index (κ1) is 42.6. The van der Waals surface area contributed by atoms with E-state index in [0.717, 1.165) is 39.6 Å². The maximum atomic E-state index is 13.9. The van der Waals surface area contributed by atoms with Crippen molar-refractivity contribution in [2.45, 2.75) is 0 Å². The molecule has 62 heavy (non-hydrogen) atoms. The molecule has 7 rings (SSSR count). The number of hydrogen-bond acceptors (Lipinski definition) is 12. The van der Waals surface area contributed by atoms with Crippen LogP contribution in [0.4, 0.5) is 23.0 Å². The molecule has 0 aliphatic carbocycles. The normalized spacial score (nSPS) is 11.1. The van der Waals surface area contributed by atoms with Gasteiger partial charge in [0, 0.05) is 102 Å². The minimum absolute atomic E-state index is 0.113. The molecule has 0 atom stereocenters. The average molecular weight is 839 g/mol. The number of hydrogen-bond donors (Lipinski definition) is 3. The lowest BCUT2D eigenvalue weighted by Gasteiger charge is -2.26. The van der Waals surface area contributed by atoms with E-state index < -0.39 is 5.91 Å². The summed E-state index contributed by atoms with van der Waals surface area (Å²) in [7, 11) is 14.0. The lowest BCUT2D eigenvalue weighted by atomic mass is 10.0. The Balaban J connectivity index is 1.13. The molecular weight excluding hydrogens is 789 g/mol. The summed E-state index contributed by atoms with van der Waals surface area (Å²) in [5, 5.41) is 8.17. The molecule has 1 amide bonds. The molecule has 320 valence electrons. The Morgan fingerprint density at radius 3 is 2.29 bits per heavy atom. The summed E-state index contributed by atoms with van der Waals surface area (Å²) in [5.41, 5.74) is 6.19. The summed E-state index contributed by atoms with van der Waals surface area (Å²) in [6, 6.07) is 22.3. The number of carbonyl (C=O) groups excluding carboxylic acids is 2. The van der Waals surface area contributed by atoms with Gasteiger partial charge in [-0.1, -0.05) is 24.8 Å². The highest BCUT2D eigenvalue weighted by atomic mass is 16.5. The Kier molecular flexibility index (Phi) is 12.6. The number of aromatic nitrogens is 4. The molecule has 15 nitrogen and oxygen atoms in total. The van der Waals surface area contributed by atoms with Crippen LogP contribution in [-0.2, 0) is 11.8 Å². The van der Waals surface area contributed by atoms with Crippen LogP contribution in [0, 0.1) is 0 Å². The number of ketones is 1. The van der Waals surface area contributed by atoms with Gasteiger partial charge in [0.15, 0.2) is 17.3 Å². The van der Waals surface area contributed by atoms with E-state index in [1.165, 1.54) is 14.2 Å². The Morgan fingerprint density at radius 1 is 0.839 bits per heavy atom. The molecule has 0 aliphatic rings. The van der Waals surface area contributed by atoms with Gasteiger partial charge in [0.25, 0.3) is 5.91 Å². The molecule has 0 radical (unpaired) electrons. The fraction of sp³-hybridized carbons (Fsp3) is 0.234. The van der Waals surface area contributed by atoms with Gasteiger partial charge in [-0.15, -0.1) is 0 Å². The molecule has 7 aromatic rings. The topological polar surface area (TPSA) is 157 Å². The van der Waals surface area contributed by atoms with Crippen LogP contribution in [0.5, 0.6) is 28.7 Å². The van der Waals surface area contributed by atoms with E-state index in [1.54, 1.807) is 50.9 Å². The summed E-state index contributed by atoms with van der Waals surface area (Å²) >= 11 is 0. The Labute approximate surface area is 359 Å². The fourth-order valence-electron chi connectivity index (χ4n) is 7.12. The summed E-state index contributed by atoms with van der Waals surface area (Å²) < 4.78 is 30.7. The van der Waals surface area contributed by atoms with Crippen molar-refractivity contribution in [1.82, 2.24) is 24.4 Å². The van der Waals surface area contributed by atoms with Crippen LogP contribution >= 0.6 is 0 Å². The number of methoxy groups -OCH3 is 4. The summed E-state index contributed by atoms with van der Waals surface area (Å²) in [4.78, 5) is 44.3. The predicted octanol–water partition coefficient (Wildman–Crippen LogP) is 7.70. The predicted molar refractivity (Wildman–Crippen MR) is 243 cm³/mol. The number of nitrogens with one attached hydrogen (secondary N) is 3. The van der Waals surface area contributed by atoms with Crippen molar-refractivity contribution in [2.24, 2.45) is 7.05 Å². The third-order valence-electron chi connectivity index (χ3n) is 10.5. The smallest absolute Gasteiger partial charge is 0.254 e. The molecule has 0 saturated carbocycles. The number of nitrogens with zero attached hydrogens (tertiary/aromatic N) is 5. The van der Waals surface area contributed by atoms with Crippen LogP contribution < -0.4 is 39.2 Å². The van der Waals surface area contributed by atoms with Gasteiger partial charge in [0.1, 0.15) is 18.1 Å². The van der Waals surface area contributed by atoms with Crippen molar-refractivity contribution >= 4 is 56.5 Å². The maximum Gasteiger partial charge on any atom is 0.254 e. The molecule has 0 spiro atoms. The molecule has 15 heteroatoms. The number of fused-ring (bicyclic) bond motifs is 2. The zero-order valence-electron chi connectivity index (χ0n) is 36.1. The molecule has 0 bridgehead atoms. The Bertz CT molecular complexity index is 2770. The highest BCUT2D eigenvalue weighted by Gasteiger charge is 2.23. The van der Waals surface area contributed by atoms with Gasteiger partial charge in [0.05, 0.1) is 51.2 Å². The highest BCUT2D eigenvalue weighted by Crippen LogP contribution is 2.41. The highest BCUT2D eigenvalue weighted by molar-refractivity contribution is 6.17. The second kappa shape index (κ2) is 18.4. The van der Waals surface area contributed by atoms with Crippen LogP contribution in [-0.4, -0.2) is 105 Å². The van der Waals surface area contributed by atoms with Crippen molar-refractivity contribution in [1.29, 1.82) is 0 Å². The number of ether oxygens (including phenoxy) is 5. The van der Waals surface area contributed by atoms with Gasteiger partial charge in [0.2, 0.25) is 11.7 Å². The molecule has 3 N–H and O–H groups in total.